The van der Waals surface area contributed by atoms with Gasteiger partial charge in [0.2, 0.25) is 0 Å². The van der Waals surface area contributed by atoms with E-state index in [4.69, 9.17) is 4.74 Å². The third kappa shape index (κ3) is 3.20. The molecule has 1 aliphatic heterocycles. The van der Waals surface area contributed by atoms with Crippen molar-refractivity contribution in [2.75, 3.05) is 13.1 Å². The first-order chi connectivity index (χ1) is 8.16. The van der Waals surface area contributed by atoms with E-state index in [2.05, 4.69) is 5.32 Å². The zero-order chi connectivity index (χ0) is 12.3. The molecule has 1 N–H and O–H groups in total. The fourth-order valence-electron chi connectivity index (χ4n) is 1.87. The highest BCUT2D eigenvalue weighted by Gasteiger charge is 2.16. The van der Waals surface area contributed by atoms with Crippen molar-refractivity contribution >= 4 is 0 Å². The minimum absolute atomic E-state index is 0.0140. The third-order valence-corrected chi connectivity index (χ3v) is 2.86. The van der Waals surface area contributed by atoms with E-state index in [9.17, 15) is 13.2 Å². The largest absolute Gasteiger partial charge is 0.373 e. The normalized spacial score (nSPS) is 17.4. The standard InChI is InChI=1S/C12H14F3NO/c13-8-5-11(14)10(12(15)6-8)7-17-9-1-3-16-4-2-9/h5-6,9,16H,1-4,7H2. The molecule has 0 bridgehead atoms. The van der Waals surface area contributed by atoms with Gasteiger partial charge in [0, 0.05) is 17.7 Å². The number of ether oxygens (including phenoxy) is 1. The Kier molecular flexibility index (Phi) is 4.02. The van der Waals surface area contributed by atoms with E-state index in [0.717, 1.165) is 25.9 Å². The average Bonchev–Trinajstić information content (AvgIpc) is 2.29. The van der Waals surface area contributed by atoms with Gasteiger partial charge in [0.05, 0.1) is 12.7 Å². The number of halogens is 3. The van der Waals surface area contributed by atoms with Gasteiger partial charge in [0.15, 0.2) is 0 Å². The van der Waals surface area contributed by atoms with Crippen molar-refractivity contribution in [3.05, 3.63) is 35.1 Å². The Morgan fingerprint density at radius 2 is 1.71 bits per heavy atom. The molecule has 2 nitrogen and oxygen atoms in total. The minimum atomic E-state index is -0.911. The highest BCUT2D eigenvalue weighted by molar-refractivity contribution is 5.20. The Balaban J connectivity index is 1.98. The van der Waals surface area contributed by atoms with Crippen LogP contribution in [0.3, 0.4) is 0 Å². The number of rotatable bonds is 3. The van der Waals surface area contributed by atoms with Crippen LogP contribution in [0.25, 0.3) is 0 Å². The molecule has 0 spiro atoms. The summed E-state index contributed by atoms with van der Waals surface area (Å²) < 4.78 is 44.7. The summed E-state index contributed by atoms with van der Waals surface area (Å²) in [4.78, 5) is 0. The molecule has 5 heteroatoms. The molecular formula is C12H14F3NO. The molecule has 1 saturated heterocycles. The van der Waals surface area contributed by atoms with Crippen LogP contribution in [0.15, 0.2) is 12.1 Å². The SMILES string of the molecule is Fc1cc(F)c(COC2CCNCC2)c(F)c1. The predicted molar refractivity (Wildman–Crippen MR) is 57.0 cm³/mol. The van der Waals surface area contributed by atoms with Crippen LogP contribution in [0.4, 0.5) is 13.2 Å². The molecule has 17 heavy (non-hydrogen) atoms. The van der Waals surface area contributed by atoms with Crippen LogP contribution in [0.5, 0.6) is 0 Å². The molecule has 94 valence electrons. The monoisotopic (exact) mass is 245 g/mol. The number of hydrogen-bond donors (Lipinski definition) is 1. The maximum atomic E-state index is 13.3. The maximum Gasteiger partial charge on any atom is 0.134 e. The van der Waals surface area contributed by atoms with E-state index in [1.807, 2.05) is 0 Å². The van der Waals surface area contributed by atoms with Crippen molar-refractivity contribution in [2.45, 2.75) is 25.6 Å². The summed E-state index contributed by atoms with van der Waals surface area (Å²) in [6.45, 7) is 1.54. The van der Waals surface area contributed by atoms with Gasteiger partial charge in [-0.15, -0.1) is 0 Å². The Morgan fingerprint density at radius 3 is 2.29 bits per heavy atom. The van der Waals surface area contributed by atoms with Gasteiger partial charge in [-0.3, -0.25) is 0 Å². The Bertz CT molecular complexity index is 368. The van der Waals surface area contributed by atoms with Gasteiger partial charge in [-0.2, -0.15) is 0 Å². The maximum absolute atomic E-state index is 13.3. The molecule has 1 aliphatic rings. The van der Waals surface area contributed by atoms with Crippen molar-refractivity contribution < 1.29 is 17.9 Å². The predicted octanol–water partition coefficient (Wildman–Crippen LogP) is 2.37. The first-order valence-electron chi connectivity index (χ1n) is 5.62. The van der Waals surface area contributed by atoms with Crippen LogP contribution < -0.4 is 5.32 Å². The van der Waals surface area contributed by atoms with Gasteiger partial charge in [-0.25, -0.2) is 13.2 Å². The summed E-state index contributed by atoms with van der Waals surface area (Å²) in [7, 11) is 0. The highest BCUT2D eigenvalue weighted by Crippen LogP contribution is 2.18. The molecule has 0 atom stereocenters. The molecule has 0 unspecified atom stereocenters. The van der Waals surface area contributed by atoms with Crippen LogP contribution >= 0.6 is 0 Å². The van der Waals surface area contributed by atoms with Gasteiger partial charge in [-0.05, 0) is 25.9 Å². The average molecular weight is 245 g/mol. The lowest BCUT2D eigenvalue weighted by atomic mass is 10.1. The quantitative estimate of drug-likeness (QED) is 0.882. The van der Waals surface area contributed by atoms with E-state index >= 15 is 0 Å². The van der Waals surface area contributed by atoms with Gasteiger partial charge < -0.3 is 10.1 Å². The first kappa shape index (κ1) is 12.4. The zero-order valence-corrected chi connectivity index (χ0v) is 9.31. The van der Waals surface area contributed by atoms with E-state index in [1.54, 1.807) is 0 Å². The molecular weight excluding hydrogens is 231 g/mol. The van der Waals surface area contributed by atoms with Crippen LogP contribution in [0.2, 0.25) is 0 Å². The van der Waals surface area contributed by atoms with Gasteiger partial charge in [0.25, 0.3) is 0 Å². The molecule has 0 saturated carbocycles. The molecule has 0 amide bonds. The molecule has 0 aliphatic carbocycles. The van der Waals surface area contributed by atoms with E-state index in [-0.39, 0.29) is 18.3 Å². The lowest BCUT2D eigenvalue weighted by molar-refractivity contribution is 0.0184. The zero-order valence-electron chi connectivity index (χ0n) is 9.31. The molecule has 2 rings (SSSR count). The molecule has 1 heterocycles. The second-order valence-electron chi connectivity index (χ2n) is 4.11. The minimum Gasteiger partial charge on any atom is -0.373 e. The molecule has 0 aromatic heterocycles. The summed E-state index contributed by atoms with van der Waals surface area (Å²) in [6, 6.07) is 1.34. The topological polar surface area (TPSA) is 21.3 Å². The summed E-state index contributed by atoms with van der Waals surface area (Å²) in [6.07, 6.45) is 1.66. The van der Waals surface area contributed by atoms with Crippen LogP contribution in [0.1, 0.15) is 18.4 Å². The van der Waals surface area contributed by atoms with Crippen LogP contribution in [0, 0.1) is 17.5 Å². The lowest BCUT2D eigenvalue weighted by Crippen LogP contribution is -2.32. The summed E-state index contributed by atoms with van der Waals surface area (Å²) in [5, 5.41) is 3.17. The van der Waals surface area contributed by atoms with Crippen LogP contribution in [-0.2, 0) is 11.3 Å². The van der Waals surface area contributed by atoms with E-state index < -0.39 is 17.5 Å². The smallest absolute Gasteiger partial charge is 0.134 e. The first-order valence-corrected chi connectivity index (χ1v) is 5.62. The fraction of sp³-hybridized carbons (Fsp3) is 0.500. The van der Waals surface area contributed by atoms with Crippen molar-refractivity contribution in [3.63, 3.8) is 0 Å². The van der Waals surface area contributed by atoms with Crippen molar-refractivity contribution in [1.82, 2.24) is 5.32 Å². The van der Waals surface area contributed by atoms with Crippen molar-refractivity contribution in [1.29, 1.82) is 0 Å². The Labute approximate surface area is 97.8 Å². The molecule has 1 aromatic carbocycles. The molecule has 1 fully saturated rings. The third-order valence-electron chi connectivity index (χ3n) is 2.86. The number of benzene rings is 1. The number of piperidine rings is 1. The fourth-order valence-corrected chi connectivity index (χ4v) is 1.87. The molecule has 1 aromatic rings. The van der Waals surface area contributed by atoms with Crippen molar-refractivity contribution in [3.8, 4) is 0 Å². The second kappa shape index (κ2) is 5.51. The second-order valence-corrected chi connectivity index (χ2v) is 4.11. The van der Waals surface area contributed by atoms with Gasteiger partial charge in [-0.1, -0.05) is 0 Å². The number of hydrogen-bond acceptors (Lipinski definition) is 2. The van der Waals surface area contributed by atoms with E-state index in [1.165, 1.54) is 0 Å². The van der Waals surface area contributed by atoms with Crippen molar-refractivity contribution in [2.24, 2.45) is 0 Å². The molecule has 0 radical (unpaired) electrons. The van der Waals surface area contributed by atoms with E-state index in [0.29, 0.717) is 12.1 Å². The summed E-state index contributed by atoms with van der Waals surface area (Å²) in [5.41, 5.74) is -0.204. The summed E-state index contributed by atoms with van der Waals surface area (Å²) in [5.74, 6) is -2.70. The van der Waals surface area contributed by atoms with Gasteiger partial charge >= 0.3 is 0 Å². The van der Waals surface area contributed by atoms with Crippen LogP contribution in [-0.4, -0.2) is 19.2 Å². The Hall–Kier alpha value is -1.07. The number of nitrogens with one attached hydrogen (secondary N) is 1. The summed E-state index contributed by atoms with van der Waals surface area (Å²) >= 11 is 0. The highest BCUT2D eigenvalue weighted by atomic mass is 19.1. The van der Waals surface area contributed by atoms with Gasteiger partial charge in [0.1, 0.15) is 17.5 Å². The Morgan fingerprint density at radius 1 is 1.12 bits per heavy atom. The lowest BCUT2D eigenvalue weighted by Gasteiger charge is -2.23.